The molecule has 0 spiro atoms. The van der Waals surface area contributed by atoms with Crippen LogP contribution in [0, 0.1) is 0 Å². The number of fused-ring (bicyclic) bond motifs is 2. The molecule has 0 unspecified atom stereocenters. The van der Waals surface area contributed by atoms with E-state index in [2.05, 4.69) is 31.6 Å². The maximum Gasteiger partial charge on any atom is 0.408 e. The molecule has 1 aromatic heterocycles. The Morgan fingerprint density at radius 1 is 0.690 bits per heavy atom. The van der Waals surface area contributed by atoms with Gasteiger partial charge in [0, 0.05) is 43.4 Å². The number of carbonyl (C=O) groups is 6. The number of carboxylic acid groups (broad SMARTS) is 1. The predicted molar refractivity (Wildman–Crippen MR) is 220 cm³/mol. The summed E-state index contributed by atoms with van der Waals surface area (Å²) in [5, 5.41) is 25.7. The summed E-state index contributed by atoms with van der Waals surface area (Å²) in [6.07, 6.45) is 0.0622. The van der Waals surface area contributed by atoms with Gasteiger partial charge in [0.1, 0.15) is 29.3 Å². The van der Waals surface area contributed by atoms with Crippen molar-refractivity contribution in [2.24, 2.45) is 0 Å². The number of aromatic amines is 1. The highest BCUT2D eigenvalue weighted by Gasteiger charge is 2.40. The quantitative estimate of drug-likeness (QED) is 0.0765. The van der Waals surface area contributed by atoms with Gasteiger partial charge in [-0.05, 0) is 61.2 Å². The van der Waals surface area contributed by atoms with Gasteiger partial charge in [-0.1, -0.05) is 91.0 Å². The molecule has 0 aliphatic carbocycles. The molecule has 0 radical (unpaired) electrons. The van der Waals surface area contributed by atoms with Crippen molar-refractivity contribution in [2.45, 2.75) is 82.6 Å². The lowest BCUT2D eigenvalue weighted by molar-refractivity contribution is -0.142. The number of nitrogens with one attached hydrogen (secondary N) is 6. The van der Waals surface area contributed by atoms with Crippen LogP contribution in [0.25, 0.3) is 21.7 Å². The highest BCUT2D eigenvalue weighted by Crippen LogP contribution is 2.23. The Morgan fingerprint density at radius 3 is 2.03 bits per heavy atom. The monoisotopic (exact) mass is 790 g/mol. The van der Waals surface area contributed by atoms with E-state index in [0.29, 0.717) is 11.1 Å². The lowest BCUT2D eigenvalue weighted by atomic mass is 9.89. The molecule has 5 amide bonds. The van der Waals surface area contributed by atoms with E-state index in [1.807, 2.05) is 60.7 Å². The fourth-order valence-corrected chi connectivity index (χ4v) is 6.68. The predicted octanol–water partition coefficient (Wildman–Crippen LogP) is 4.31. The Hall–Kier alpha value is -6.70. The minimum absolute atomic E-state index is 0.00903. The zero-order valence-electron chi connectivity index (χ0n) is 33.2. The Kier molecular flexibility index (Phi) is 13.5. The number of likely N-dealkylation sites (N-methyl/N-ethyl adjacent to an activating group) is 1. The molecule has 14 heteroatoms. The first-order valence-electron chi connectivity index (χ1n) is 19.0. The van der Waals surface area contributed by atoms with Crippen LogP contribution in [0.5, 0.6) is 0 Å². The molecular formula is C44H50N6O8. The van der Waals surface area contributed by atoms with Crippen molar-refractivity contribution in [3.05, 3.63) is 120 Å². The minimum atomic E-state index is -1.82. The standard InChI is InChI=1S/C44H50N6O8/c1-43(2,3)58-42(57)49-35(23-31-26-46-33-18-12-11-17-32(31)33)40(55)50-44(4,25-28-19-20-29-15-9-10-16-30(29)21-28)41(56)48-36(24-37(51)52)39(54)47-34(38(53)45-5)22-27-13-7-6-8-14-27/h6-21,26,34-36,46H,22-25H2,1-5H3,(H,45,53)(H,47,54)(H,48,56)(H,49,57)(H,50,55)(H,51,52)/t34-,35-,36-,44-/m0/s1. The molecular weight excluding hydrogens is 741 g/mol. The second kappa shape index (κ2) is 18.5. The maximum atomic E-state index is 14.6. The van der Waals surface area contributed by atoms with Crippen LogP contribution in [0.2, 0.25) is 0 Å². The fourth-order valence-electron chi connectivity index (χ4n) is 6.68. The number of ether oxygens (including phenoxy) is 1. The summed E-state index contributed by atoms with van der Waals surface area (Å²) in [4.78, 5) is 84.1. The Labute approximate surface area is 336 Å². The number of rotatable bonds is 16. The number of aliphatic carboxylic acids is 1. The summed E-state index contributed by atoms with van der Waals surface area (Å²) in [5.74, 6) is -4.44. The third-order valence-electron chi connectivity index (χ3n) is 9.54. The topological polar surface area (TPSA) is 208 Å². The number of H-pyrrole nitrogens is 1. The number of hydrogen-bond acceptors (Lipinski definition) is 7. The molecule has 0 bridgehead atoms. The summed E-state index contributed by atoms with van der Waals surface area (Å²) in [6, 6.07) is 25.6. The average Bonchev–Trinajstić information content (AvgIpc) is 3.58. The van der Waals surface area contributed by atoms with E-state index in [4.69, 9.17) is 4.74 Å². The number of alkyl carbamates (subject to hydrolysis) is 1. The molecule has 0 saturated carbocycles. The number of benzene rings is 4. The molecule has 0 saturated heterocycles. The summed E-state index contributed by atoms with van der Waals surface area (Å²) in [7, 11) is 1.41. The van der Waals surface area contributed by atoms with Crippen LogP contribution in [0.15, 0.2) is 103 Å². The van der Waals surface area contributed by atoms with Crippen molar-refractivity contribution in [3.8, 4) is 0 Å². The van der Waals surface area contributed by atoms with E-state index >= 15 is 0 Å². The minimum Gasteiger partial charge on any atom is -0.481 e. The zero-order chi connectivity index (χ0) is 42.0. The summed E-state index contributed by atoms with van der Waals surface area (Å²) < 4.78 is 5.50. The van der Waals surface area contributed by atoms with E-state index in [9.17, 15) is 33.9 Å². The van der Waals surface area contributed by atoms with Crippen molar-refractivity contribution in [3.63, 3.8) is 0 Å². The van der Waals surface area contributed by atoms with Crippen molar-refractivity contribution >= 4 is 57.4 Å². The third-order valence-corrected chi connectivity index (χ3v) is 9.54. The summed E-state index contributed by atoms with van der Waals surface area (Å²) in [6.45, 7) is 6.53. The van der Waals surface area contributed by atoms with Gasteiger partial charge in [0.05, 0.1) is 6.42 Å². The molecule has 304 valence electrons. The first-order valence-corrected chi connectivity index (χ1v) is 19.0. The van der Waals surface area contributed by atoms with E-state index < -0.39 is 71.4 Å². The number of amides is 5. The first kappa shape index (κ1) is 42.4. The molecule has 0 fully saturated rings. The van der Waals surface area contributed by atoms with Crippen molar-refractivity contribution < 1.29 is 38.6 Å². The lowest BCUT2D eigenvalue weighted by Gasteiger charge is -2.33. The Balaban J connectivity index is 1.48. The molecule has 0 aliphatic rings. The van der Waals surface area contributed by atoms with Crippen molar-refractivity contribution in [1.29, 1.82) is 0 Å². The van der Waals surface area contributed by atoms with E-state index in [0.717, 1.165) is 27.2 Å². The van der Waals surface area contributed by atoms with Gasteiger partial charge in [0.15, 0.2) is 0 Å². The number of carbonyl (C=O) groups excluding carboxylic acids is 5. The van der Waals surface area contributed by atoms with E-state index in [-0.39, 0.29) is 19.3 Å². The molecule has 4 aromatic carbocycles. The van der Waals surface area contributed by atoms with Gasteiger partial charge < -0.3 is 41.4 Å². The molecule has 5 rings (SSSR count). The number of hydrogen-bond donors (Lipinski definition) is 7. The fraction of sp³-hybridized carbons (Fsp3) is 0.318. The highest BCUT2D eigenvalue weighted by molar-refractivity contribution is 5.99. The Bertz CT molecular complexity index is 2280. The van der Waals surface area contributed by atoms with Gasteiger partial charge >= 0.3 is 12.1 Å². The smallest absolute Gasteiger partial charge is 0.408 e. The molecule has 4 atom stereocenters. The summed E-state index contributed by atoms with van der Waals surface area (Å²) in [5.41, 5.74) is 0.212. The van der Waals surface area contributed by atoms with Gasteiger partial charge in [-0.25, -0.2) is 4.79 Å². The number of carboxylic acids is 1. The van der Waals surface area contributed by atoms with Crippen LogP contribution < -0.4 is 26.6 Å². The van der Waals surface area contributed by atoms with Crippen molar-refractivity contribution in [1.82, 2.24) is 31.6 Å². The largest absolute Gasteiger partial charge is 0.481 e. The number of para-hydroxylation sites is 1. The van der Waals surface area contributed by atoms with Gasteiger partial charge in [-0.3, -0.25) is 24.0 Å². The third kappa shape index (κ3) is 11.4. The second-order valence-corrected chi connectivity index (χ2v) is 15.4. The first-order chi connectivity index (χ1) is 27.5. The van der Waals surface area contributed by atoms with Crippen molar-refractivity contribution in [2.75, 3.05) is 7.05 Å². The highest BCUT2D eigenvalue weighted by atomic mass is 16.6. The number of aromatic nitrogens is 1. The SMILES string of the molecule is CNC(=O)[C@H](Cc1ccccc1)NC(=O)[C@H](CC(=O)O)NC(=O)[C@](C)(Cc1ccc2ccccc2c1)NC(=O)[C@H](Cc1c[nH]c2ccccc12)NC(=O)OC(C)(C)C. The van der Waals surface area contributed by atoms with Gasteiger partial charge in [-0.15, -0.1) is 0 Å². The molecule has 5 aromatic rings. The van der Waals surface area contributed by atoms with E-state index in [1.54, 1.807) is 63.4 Å². The van der Waals surface area contributed by atoms with Crippen LogP contribution in [-0.2, 0) is 48.0 Å². The van der Waals surface area contributed by atoms with Crippen LogP contribution in [-0.4, -0.2) is 82.1 Å². The normalized spacial score (nSPS) is 13.9. The van der Waals surface area contributed by atoms with Crippen LogP contribution >= 0.6 is 0 Å². The molecule has 7 N–H and O–H groups in total. The van der Waals surface area contributed by atoms with Gasteiger partial charge in [0.2, 0.25) is 23.6 Å². The zero-order valence-corrected chi connectivity index (χ0v) is 33.2. The van der Waals surface area contributed by atoms with E-state index in [1.165, 1.54) is 14.0 Å². The maximum absolute atomic E-state index is 14.6. The lowest BCUT2D eigenvalue weighted by Crippen LogP contribution is -2.64. The van der Waals surface area contributed by atoms with Gasteiger partial charge in [0.25, 0.3) is 0 Å². The van der Waals surface area contributed by atoms with Gasteiger partial charge in [-0.2, -0.15) is 0 Å². The summed E-state index contributed by atoms with van der Waals surface area (Å²) >= 11 is 0. The average molecular weight is 791 g/mol. The van der Waals surface area contributed by atoms with Crippen LogP contribution in [0.4, 0.5) is 4.79 Å². The molecule has 1 heterocycles. The molecule has 14 nitrogen and oxygen atoms in total. The van der Waals surface area contributed by atoms with Crippen LogP contribution in [0.1, 0.15) is 50.8 Å². The molecule has 58 heavy (non-hydrogen) atoms. The van der Waals surface area contributed by atoms with Crippen LogP contribution in [0.3, 0.4) is 0 Å². The second-order valence-electron chi connectivity index (χ2n) is 15.4. The molecule has 0 aliphatic heterocycles. The Morgan fingerprint density at radius 2 is 1.34 bits per heavy atom.